The molecule has 1 saturated heterocycles. The van der Waals surface area contributed by atoms with Gasteiger partial charge in [0.2, 0.25) is 0 Å². The van der Waals surface area contributed by atoms with Crippen LogP contribution in [0.5, 0.6) is 5.75 Å². The molecule has 29 heavy (non-hydrogen) atoms. The van der Waals surface area contributed by atoms with Crippen LogP contribution in [-0.4, -0.2) is 29.1 Å². The summed E-state index contributed by atoms with van der Waals surface area (Å²) in [5.41, 5.74) is 1.89. The van der Waals surface area contributed by atoms with E-state index in [0.29, 0.717) is 34.6 Å². The van der Waals surface area contributed by atoms with Gasteiger partial charge in [0.1, 0.15) is 12.4 Å². The summed E-state index contributed by atoms with van der Waals surface area (Å²) in [7, 11) is 0. The zero-order chi connectivity index (χ0) is 21.0. The molecule has 0 aromatic heterocycles. The second-order valence-corrected chi connectivity index (χ2v) is 9.13. The van der Waals surface area contributed by atoms with Gasteiger partial charge in [0, 0.05) is 13.1 Å². The molecular formula is C21H19Cl2IN2O2S. The third-order valence-corrected chi connectivity index (χ3v) is 6.76. The van der Waals surface area contributed by atoms with Crippen LogP contribution < -0.4 is 4.74 Å². The number of ether oxygens (including phenoxy) is 1. The molecule has 0 N–H and O–H groups in total. The normalized spacial score (nSPS) is 16.9. The molecule has 0 unspecified atom stereocenters. The number of hydrogen-bond acceptors (Lipinski definition) is 4. The monoisotopic (exact) mass is 560 g/mol. The molecule has 0 atom stereocenters. The lowest BCUT2D eigenvalue weighted by atomic mass is 10.2. The van der Waals surface area contributed by atoms with Gasteiger partial charge in [-0.3, -0.25) is 14.7 Å². The second kappa shape index (κ2) is 10.2. The third kappa shape index (κ3) is 5.48. The van der Waals surface area contributed by atoms with E-state index in [1.807, 2.05) is 44.2 Å². The maximum atomic E-state index is 12.6. The highest BCUT2D eigenvalue weighted by Crippen LogP contribution is 2.33. The van der Waals surface area contributed by atoms with E-state index in [1.54, 1.807) is 17.0 Å². The van der Waals surface area contributed by atoms with Crippen LogP contribution in [0.25, 0.3) is 6.08 Å². The highest BCUT2D eigenvalue weighted by molar-refractivity contribution is 14.1. The number of rotatable bonds is 6. The SMILES string of the molecule is CCN=C1S/C(=C/c2ccc(OCc3ccc(Cl)c(Cl)c3)c(I)c2)C(=O)N1CC. The quantitative estimate of drug-likeness (QED) is 0.299. The Morgan fingerprint density at radius 3 is 2.62 bits per heavy atom. The van der Waals surface area contributed by atoms with Crippen LogP contribution >= 0.6 is 57.6 Å². The summed E-state index contributed by atoms with van der Waals surface area (Å²) in [6, 6.07) is 11.3. The molecule has 1 fully saturated rings. The average molecular weight is 561 g/mol. The Hall–Kier alpha value is -1.22. The molecule has 1 aliphatic rings. The van der Waals surface area contributed by atoms with Crippen molar-refractivity contribution in [1.82, 2.24) is 4.90 Å². The Balaban J connectivity index is 1.74. The van der Waals surface area contributed by atoms with Crippen molar-refractivity contribution in [2.24, 2.45) is 4.99 Å². The van der Waals surface area contributed by atoms with Crippen LogP contribution in [0.3, 0.4) is 0 Å². The number of amidine groups is 1. The van der Waals surface area contributed by atoms with Crippen LogP contribution in [0.1, 0.15) is 25.0 Å². The zero-order valence-corrected chi connectivity index (χ0v) is 20.4. The standard InChI is InChI=1S/C21H19Cl2IN2O2S/c1-3-25-21-26(4-2)20(27)19(29-21)11-13-6-8-18(17(24)10-13)28-12-14-5-7-15(22)16(23)9-14/h5-11H,3-4,12H2,1-2H3/b19-11+,25-21?. The fraction of sp³-hybridized carbons (Fsp3) is 0.238. The lowest BCUT2D eigenvalue weighted by Gasteiger charge is -2.11. The van der Waals surface area contributed by atoms with E-state index in [1.165, 1.54) is 11.8 Å². The maximum Gasteiger partial charge on any atom is 0.266 e. The van der Waals surface area contributed by atoms with Gasteiger partial charge in [-0.15, -0.1) is 0 Å². The van der Waals surface area contributed by atoms with Gasteiger partial charge in [-0.25, -0.2) is 0 Å². The Kier molecular flexibility index (Phi) is 7.90. The number of carbonyl (C=O) groups excluding carboxylic acids is 1. The van der Waals surface area contributed by atoms with Crippen molar-refractivity contribution < 1.29 is 9.53 Å². The van der Waals surface area contributed by atoms with Crippen LogP contribution in [0, 0.1) is 3.57 Å². The van der Waals surface area contributed by atoms with Crippen molar-refractivity contribution in [2.75, 3.05) is 13.1 Å². The molecule has 0 aliphatic carbocycles. The molecule has 8 heteroatoms. The number of nitrogens with zero attached hydrogens (tertiary/aromatic N) is 2. The summed E-state index contributed by atoms with van der Waals surface area (Å²) < 4.78 is 6.88. The van der Waals surface area contributed by atoms with Gasteiger partial charge < -0.3 is 4.74 Å². The minimum atomic E-state index is -0.000322. The number of thioether (sulfide) groups is 1. The minimum Gasteiger partial charge on any atom is -0.488 e. The van der Waals surface area contributed by atoms with Gasteiger partial charge in [-0.05, 0) is 89.7 Å². The highest BCUT2D eigenvalue weighted by Gasteiger charge is 2.31. The molecule has 0 radical (unpaired) electrons. The van der Waals surface area contributed by atoms with Crippen molar-refractivity contribution in [1.29, 1.82) is 0 Å². The number of amides is 1. The van der Waals surface area contributed by atoms with Crippen LogP contribution in [0.15, 0.2) is 46.3 Å². The molecule has 1 amide bonds. The first kappa shape index (κ1) is 22.5. The summed E-state index contributed by atoms with van der Waals surface area (Å²) in [5.74, 6) is 0.771. The van der Waals surface area contributed by atoms with E-state index in [9.17, 15) is 4.79 Å². The van der Waals surface area contributed by atoms with Crippen LogP contribution in [0.2, 0.25) is 10.0 Å². The number of hydrogen-bond donors (Lipinski definition) is 0. The number of aliphatic imine (C=N–C) groups is 1. The first-order valence-corrected chi connectivity index (χ1v) is 11.7. The Morgan fingerprint density at radius 2 is 1.97 bits per heavy atom. The Labute approximate surface area is 198 Å². The second-order valence-electron chi connectivity index (χ2n) is 6.14. The van der Waals surface area contributed by atoms with Crippen LogP contribution in [-0.2, 0) is 11.4 Å². The van der Waals surface area contributed by atoms with Crippen molar-refractivity contribution >= 4 is 74.7 Å². The number of halogens is 3. The predicted molar refractivity (Wildman–Crippen MR) is 131 cm³/mol. The van der Waals surface area contributed by atoms with Crippen molar-refractivity contribution in [3.05, 3.63) is 66.0 Å². The summed E-state index contributed by atoms with van der Waals surface area (Å²) in [5, 5.41) is 1.80. The number of carbonyl (C=O) groups is 1. The van der Waals surface area contributed by atoms with Gasteiger partial charge >= 0.3 is 0 Å². The van der Waals surface area contributed by atoms with E-state index in [4.69, 9.17) is 27.9 Å². The lowest BCUT2D eigenvalue weighted by molar-refractivity contribution is -0.122. The van der Waals surface area contributed by atoms with Gasteiger partial charge in [0.05, 0.1) is 18.5 Å². The molecule has 2 aromatic carbocycles. The van der Waals surface area contributed by atoms with Crippen molar-refractivity contribution in [3.8, 4) is 5.75 Å². The van der Waals surface area contributed by atoms with Gasteiger partial charge in [-0.2, -0.15) is 0 Å². The highest BCUT2D eigenvalue weighted by atomic mass is 127. The third-order valence-electron chi connectivity index (χ3n) is 4.13. The van der Waals surface area contributed by atoms with Gasteiger partial charge in [-0.1, -0.05) is 35.3 Å². The molecule has 4 nitrogen and oxygen atoms in total. The first-order chi connectivity index (χ1) is 13.9. The Bertz CT molecular complexity index is 995. The molecule has 0 saturated carbocycles. The van der Waals surface area contributed by atoms with Gasteiger partial charge in [0.25, 0.3) is 5.91 Å². The van der Waals surface area contributed by atoms with E-state index in [0.717, 1.165) is 25.6 Å². The fourth-order valence-electron chi connectivity index (χ4n) is 2.71. The van der Waals surface area contributed by atoms with E-state index < -0.39 is 0 Å². The maximum absolute atomic E-state index is 12.6. The fourth-order valence-corrected chi connectivity index (χ4v) is 4.83. The van der Waals surface area contributed by atoms with E-state index in [-0.39, 0.29) is 5.91 Å². The molecule has 1 heterocycles. The summed E-state index contributed by atoms with van der Waals surface area (Å²) in [6.07, 6.45) is 1.90. The van der Waals surface area contributed by atoms with Crippen molar-refractivity contribution in [2.45, 2.75) is 20.5 Å². The van der Waals surface area contributed by atoms with Crippen LogP contribution in [0.4, 0.5) is 0 Å². The van der Waals surface area contributed by atoms with E-state index in [2.05, 4.69) is 27.6 Å². The topological polar surface area (TPSA) is 41.9 Å². The summed E-state index contributed by atoms with van der Waals surface area (Å²) in [6.45, 7) is 5.58. The smallest absolute Gasteiger partial charge is 0.266 e. The van der Waals surface area contributed by atoms with Crippen molar-refractivity contribution in [3.63, 3.8) is 0 Å². The molecule has 152 valence electrons. The molecular weight excluding hydrogens is 542 g/mol. The minimum absolute atomic E-state index is 0.000322. The molecule has 2 aromatic rings. The lowest BCUT2D eigenvalue weighted by Crippen LogP contribution is -2.28. The van der Waals surface area contributed by atoms with E-state index >= 15 is 0 Å². The molecule has 0 spiro atoms. The van der Waals surface area contributed by atoms with Gasteiger partial charge in [0.15, 0.2) is 5.17 Å². The summed E-state index contributed by atoms with van der Waals surface area (Å²) in [4.78, 5) is 19.4. The molecule has 3 rings (SSSR count). The average Bonchev–Trinajstić information content (AvgIpc) is 2.98. The first-order valence-electron chi connectivity index (χ1n) is 9.05. The zero-order valence-electron chi connectivity index (χ0n) is 15.9. The largest absolute Gasteiger partial charge is 0.488 e. The molecule has 1 aliphatic heterocycles. The summed E-state index contributed by atoms with van der Waals surface area (Å²) >= 11 is 15.7. The number of likely N-dealkylation sites (N-methyl/N-ethyl adjacent to an activating group) is 1. The Morgan fingerprint density at radius 1 is 1.17 bits per heavy atom. The number of benzene rings is 2. The molecule has 0 bridgehead atoms. The predicted octanol–water partition coefficient (Wildman–Crippen LogP) is 6.49.